The van der Waals surface area contributed by atoms with Crippen LogP contribution in [-0.2, 0) is 9.59 Å². The summed E-state index contributed by atoms with van der Waals surface area (Å²) in [5.41, 5.74) is 0. The van der Waals surface area contributed by atoms with Crippen molar-refractivity contribution in [2.24, 2.45) is 5.92 Å². The second-order valence-electron chi connectivity index (χ2n) is 4.86. The zero-order valence-corrected chi connectivity index (χ0v) is 11.0. The maximum absolute atomic E-state index is 11.8. The first-order chi connectivity index (χ1) is 8.13. The van der Waals surface area contributed by atoms with Crippen molar-refractivity contribution in [3.63, 3.8) is 0 Å². The van der Waals surface area contributed by atoms with Gasteiger partial charge in [0.05, 0.1) is 0 Å². The predicted molar refractivity (Wildman–Crippen MR) is 67.8 cm³/mol. The summed E-state index contributed by atoms with van der Waals surface area (Å²) in [6.45, 7) is 4.52. The van der Waals surface area contributed by atoms with Gasteiger partial charge in [0.2, 0.25) is 5.91 Å². The highest BCUT2D eigenvalue weighted by molar-refractivity contribution is 5.79. The molecule has 0 bridgehead atoms. The molecule has 98 valence electrons. The van der Waals surface area contributed by atoms with Gasteiger partial charge in [0.25, 0.3) is 0 Å². The molecule has 17 heavy (non-hydrogen) atoms. The molecule has 0 radical (unpaired) electrons. The summed E-state index contributed by atoms with van der Waals surface area (Å²) in [5, 5.41) is 2.94. The number of nitrogens with one attached hydrogen (secondary N) is 1. The van der Waals surface area contributed by atoms with Crippen LogP contribution in [0.2, 0.25) is 0 Å². The fourth-order valence-electron chi connectivity index (χ4n) is 2.09. The van der Waals surface area contributed by atoms with Crippen molar-refractivity contribution in [2.75, 3.05) is 26.7 Å². The van der Waals surface area contributed by atoms with Crippen LogP contribution in [0.25, 0.3) is 0 Å². The van der Waals surface area contributed by atoms with E-state index >= 15 is 0 Å². The van der Waals surface area contributed by atoms with Crippen molar-refractivity contribution in [1.29, 1.82) is 0 Å². The topological polar surface area (TPSA) is 49.4 Å². The third-order valence-corrected chi connectivity index (χ3v) is 3.42. The summed E-state index contributed by atoms with van der Waals surface area (Å²) in [5.74, 6) is 0.619. The minimum absolute atomic E-state index is 0.169. The number of rotatable bonds is 6. The Kier molecular flexibility index (Phi) is 6.19. The summed E-state index contributed by atoms with van der Waals surface area (Å²) in [6.07, 6.45) is 3.87. The first kappa shape index (κ1) is 14.2. The average Bonchev–Trinajstić information content (AvgIpc) is 2.34. The van der Waals surface area contributed by atoms with Crippen LogP contribution in [0.4, 0.5) is 0 Å². The molecular formula is C13H24N2O2. The molecule has 1 fully saturated rings. The van der Waals surface area contributed by atoms with E-state index in [2.05, 4.69) is 17.3 Å². The lowest BCUT2D eigenvalue weighted by molar-refractivity contribution is -0.126. The van der Waals surface area contributed by atoms with Crippen molar-refractivity contribution in [3.05, 3.63) is 0 Å². The van der Waals surface area contributed by atoms with Crippen molar-refractivity contribution in [1.82, 2.24) is 10.2 Å². The molecule has 0 aliphatic carbocycles. The smallest absolute Gasteiger partial charge is 0.223 e. The molecule has 0 aromatic rings. The van der Waals surface area contributed by atoms with Crippen LogP contribution in [0.1, 0.15) is 39.0 Å². The van der Waals surface area contributed by atoms with Gasteiger partial charge >= 0.3 is 0 Å². The normalized spacial score (nSPS) is 18.0. The number of ketones is 1. The summed E-state index contributed by atoms with van der Waals surface area (Å²) in [6, 6.07) is 0. The van der Waals surface area contributed by atoms with E-state index in [0.29, 0.717) is 19.4 Å². The van der Waals surface area contributed by atoms with Crippen LogP contribution in [0.3, 0.4) is 0 Å². The quantitative estimate of drug-likeness (QED) is 0.710. The number of piperidine rings is 1. The van der Waals surface area contributed by atoms with E-state index in [1.807, 2.05) is 6.92 Å². The molecule has 0 unspecified atom stereocenters. The average molecular weight is 240 g/mol. The van der Waals surface area contributed by atoms with Gasteiger partial charge in [-0.25, -0.2) is 0 Å². The minimum atomic E-state index is 0.169. The predicted octanol–water partition coefficient (Wildman–Crippen LogP) is 1.20. The molecule has 0 saturated carbocycles. The van der Waals surface area contributed by atoms with Crippen LogP contribution in [0.15, 0.2) is 0 Å². The van der Waals surface area contributed by atoms with Crippen LogP contribution in [0, 0.1) is 5.92 Å². The lowest BCUT2D eigenvalue weighted by Gasteiger charge is -2.28. The largest absolute Gasteiger partial charge is 0.356 e. The summed E-state index contributed by atoms with van der Waals surface area (Å²) in [7, 11) is 2.09. The molecule has 1 rings (SSSR count). The Morgan fingerprint density at radius 2 is 1.94 bits per heavy atom. The second-order valence-corrected chi connectivity index (χ2v) is 4.86. The summed E-state index contributed by atoms with van der Waals surface area (Å²) in [4.78, 5) is 25.1. The number of Topliss-reactive ketones (excluding diaryl/α,β-unsaturated/α-hetero) is 1. The van der Waals surface area contributed by atoms with E-state index in [0.717, 1.165) is 32.4 Å². The highest BCUT2D eigenvalue weighted by atomic mass is 16.2. The molecule has 1 heterocycles. The molecular weight excluding hydrogens is 216 g/mol. The van der Waals surface area contributed by atoms with E-state index in [9.17, 15) is 9.59 Å². The molecule has 0 spiro atoms. The number of carbonyl (C=O) groups excluding carboxylic acids is 2. The molecule has 4 heteroatoms. The zero-order chi connectivity index (χ0) is 12.7. The fraction of sp³-hybridized carbons (Fsp3) is 0.846. The Balaban J connectivity index is 2.10. The number of carbonyl (C=O) groups is 2. The Bertz CT molecular complexity index is 258. The van der Waals surface area contributed by atoms with Crippen molar-refractivity contribution in [2.45, 2.75) is 39.0 Å². The third kappa shape index (κ3) is 5.31. The highest BCUT2D eigenvalue weighted by Crippen LogP contribution is 2.15. The van der Waals surface area contributed by atoms with E-state index in [1.54, 1.807) is 0 Å². The van der Waals surface area contributed by atoms with Crippen molar-refractivity contribution in [3.8, 4) is 0 Å². The number of hydrogen-bond acceptors (Lipinski definition) is 3. The van der Waals surface area contributed by atoms with Gasteiger partial charge in [-0.05, 0) is 39.4 Å². The van der Waals surface area contributed by atoms with Gasteiger partial charge in [-0.1, -0.05) is 6.92 Å². The standard InChI is InChI=1S/C13H24N2O2/c1-3-12(16)5-4-8-14-13(17)11-6-9-15(2)10-7-11/h11H,3-10H2,1-2H3,(H,14,17). The fourth-order valence-corrected chi connectivity index (χ4v) is 2.09. The maximum Gasteiger partial charge on any atom is 0.223 e. The second kappa shape index (κ2) is 7.43. The molecule has 1 N–H and O–H groups in total. The monoisotopic (exact) mass is 240 g/mol. The van der Waals surface area contributed by atoms with Gasteiger partial charge in [-0.2, -0.15) is 0 Å². The highest BCUT2D eigenvalue weighted by Gasteiger charge is 2.22. The van der Waals surface area contributed by atoms with E-state index in [-0.39, 0.29) is 17.6 Å². The van der Waals surface area contributed by atoms with Crippen LogP contribution in [-0.4, -0.2) is 43.3 Å². The molecule has 1 amide bonds. The first-order valence-corrected chi connectivity index (χ1v) is 6.61. The van der Waals surface area contributed by atoms with E-state index in [4.69, 9.17) is 0 Å². The van der Waals surface area contributed by atoms with Gasteiger partial charge in [0, 0.05) is 25.3 Å². The van der Waals surface area contributed by atoms with Crippen molar-refractivity contribution < 1.29 is 9.59 Å². The van der Waals surface area contributed by atoms with Gasteiger partial charge < -0.3 is 10.2 Å². The lowest BCUT2D eigenvalue weighted by Crippen LogP contribution is -2.39. The van der Waals surface area contributed by atoms with E-state index < -0.39 is 0 Å². The molecule has 1 saturated heterocycles. The minimum Gasteiger partial charge on any atom is -0.356 e. The molecule has 1 aliphatic heterocycles. The molecule has 4 nitrogen and oxygen atoms in total. The van der Waals surface area contributed by atoms with Gasteiger partial charge in [-0.15, -0.1) is 0 Å². The SMILES string of the molecule is CCC(=O)CCCNC(=O)C1CCN(C)CC1. The van der Waals surface area contributed by atoms with Crippen LogP contribution >= 0.6 is 0 Å². The number of amides is 1. The number of hydrogen-bond donors (Lipinski definition) is 1. The van der Waals surface area contributed by atoms with Gasteiger partial charge in [-0.3, -0.25) is 9.59 Å². The Morgan fingerprint density at radius 1 is 1.29 bits per heavy atom. The Labute approximate surface area is 104 Å². The lowest BCUT2D eigenvalue weighted by atomic mass is 9.96. The zero-order valence-electron chi connectivity index (χ0n) is 11.0. The molecule has 0 aromatic carbocycles. The maximum atomic E-state index is 11.8. The van der Waals surface area contributed by atoms with Crippen LogP contribution < -0.4 is 5.32 Å². The number of likely N-dealkylation sites (tertiary alicyclic amines) is 1. The molecule has 0 atom stereocenters. The van der Waals surface area contributed by atoms with Crippen LogP contribution in [0.5, 0.6) is 0 Å². The third-order valence-electron chi connectivity index (χ3n) is 3.42. The summed E-state index contributed by atoms with van der Waals surface area (Å²) < 4.78 is 0. The van der Waals surface area contributed by atoms with Crippen molar-refractivity contribution >= 4 is 11.7 Å². The Hall–Kier alpha value is -0.900. The number of nitrogens with zero attached hydrogens (tertiary/aromatic N) is 1. The van der Waals surface area contributed by atoms with Gasteiger partial charge in [0.15, 0.2) is 0 Å². The Morgan fingerprint density at radius 3 is 2.53 bits per heavy atom. The summed E-state index contributed by atoms with van der Waals surface area (Å²) >= 11 is 0. The molecule has 1 aliphatic rings. The van der Waals surface area contributed by atoms with E-state index in [1.165, 1.54) is 0 Å². The van der Waals surface area contributed by atoms with Gasteiger partial charge in [0.1, 0.15) is 5.78 Å². The molecule has 0 aromatic heterocycles. The first-order valence-electron chi connectivity index (χ1n) is 6.61.